The minimum Gasteiger partial charge on any atom is -0.339 e. The largest absolute Gasteiger partial charge is 0.339 e. The normalized spacial score (nSPS) is 11.6. The van der Waals surface area contributed by atoms with Gasteiger partial charge in [0.2, 0.25) is 5.95 Å². The van der Waals surface area contributed by atoms with Crippen LogP contribution >= 0.6 is 23.1 Å². The number of fused-ring (bicyclic) bond motifs is 1. The smallest absolute Gasteiger partial charge is 0.229 e. The number of hydrogen-bond donors (Lipinski definition) is 2. The fourth-order valence-corrected chi connectivity index (χ4v) is 4.68. The molecule has 0 saturated heterocycles. The summed E-state index contributed by atoms with van der Waals surface area (Å²) in [7, 11) is -2.44. The highest BCUT2D eigenvalue weighted by molar-refractivity contribution is 9.10. The van der Waals surface area contributed by atoms with Crippen molar-refractivity contribution in [3.8, 4) is 0 Å². The van der Waals surface area contributed by atoms with Crippen LogP contribution < -0.4 is 15.9 Å². The van der Waals surface area contributed by atoms with Crippen LogP contribution in [-0.4, -0.2) is 33.1 Å². The van der Waals surface area contributed by atoms with Crippen LogP contribution in [0.15, 0.2) is 59.3 Å². The van der Waals surface area contributed by atoms with E-state index in [1.807, 2.05) is 53.3 Å². The van der Waals surface area contributed by atoms with Gasteiger partial charge in [-0.05, 0) is 66.5 Å². The second-order valence-electron chi connectivity index (χ2n) is 7.24. The predicted octanol–water partition coefficient (Wildman–Crippen LogP) is 5.34. The lowest BCUT2D eigenvalue weighted by Gasteiger charge is -2.16. The first-order valence-electron chi connectivity index (χ1n) is 9.52. The zero-order valence-corrected chi connectivity index (χ0v) is 19.4. The van der Waals surface area contributed by atoms with E-state index in [-0.39, 0.29) is 0 Å². The van der Waals surface area contributed by atoms with Crippen LogP contribution in [0.3, 0.4) is 0 Å². The highest BCUT2D eigenvalue weighted by Gasteiger charge is 2.17. The minimum absolute atomic E-state index is 0.455. The maximum absolute atomic E-state index is 12.6. The molecular formula is C21H22BrN6OP. The summed E-state index contributed by atoms with van der Waals surface area (Å²) in [6.07, 6.45) is 3.54. The van der Waals surface area contributed by atoms with Crippen molar-refractivity contribution in [2.24, 2.45) is 0 Å². The number of benzene rings is 2. The Kier molecular flexibility index (Phi) is 5.62. The van der Waals surface area contributed by atoms with E-state index in [9.17, 15) is 4.57 Å². The van der Waals surface area contributed by atoms with Gasteiger partial charge in [0.25, 0.3) is 0 Å². The second kappa shape index (κ2) is 8.20. The number of para-hydroxylation sites is 1. The summed E-state index contributed by atoms with van der Waals surface area (Å²) in [4.78, 5) is 8.96. The molecule has 7 nitrogen and oxygen atoms in total. The number of anilines is 4. The van der Waals surface area contributed by atoms with E-state index < -0.39 is 7.14 Å². The standard InChI is InChI=1S/C21H22BrN6OP/c1-4-28-18-10-9-15(11-14(18)12-24-28)25-21-23-13-16(22)20(27-21)26-17-7-5-6-8-19(17)30(2,3)29/h5-13H,4H2,1-3H3,(H2,23,25,26,27). The number of nitrogens with one attached hydrogen (secondary N) is 2. The zero-order chi connectivity index (χ0) is 21.3. The average molecular weight is 485 g/mol. The van der Waals surface area contributed by atoms with E-state index in [1.54, 1.807) is 19.5 Å². The number of aryl methyl sites for hydroxylation is 1. The summed E-state index contributed by atoms with van der Waals surface area (Å²) in [6.45, 7) is 6.40. The number of rotatable bonds is 6. The third-order valence-electron chi connectivity index (χ3n) is 4.68. The maximum atomic E-state index is 12.6. The molecule has 30 heavy (non-hydrogen) atoms. The van der Waals surface area contributed by atoms with Crippen molar-refractivity contribution in [1.29, 1.82) is 0 Å². The molecule has 9 heteroatoms. The SMILES string of the molecule is CCn1ncc2cc(Nc3ncc(Br)c(Nc4ccccc4P(C)(C)=O)n3)ccc21. The number of halogens is 1. The Balaban J connectivity index is 1.62. The Morgan fingerprint density at radius 1 is 1.10 bits per heavy atom. The molecule has 0 unspecified atom stereocenters. The summed E-state index contributed by atoms with van der Waals surface area (Å²) in [5, 5.41) is 12.7. The maximum Gasteiger partial charge on any atom is 0.229 e. The lowest BCUT2D eigenvalue weighted by atomic mass is 10.2. The monoisotopic (exact) mass is 484 g/mol. The van der Waals surface area contributed by atoms with Gasteiger partial charge in [-0.2, -0.15) is 10.1 Å². The number of hydrogen-bond acceptors (Lipinski definition) is 6. The van der Waals surface area contributed by atoms with Crippen LogP contribution in [0.2, 0.25) is 0 Å². The average Bonchev–Trinajstić information content (AvgIpc) is 3.12. The third kappa shape index (κ3) is 4.25. The van der Waals surface area contributed by atoms with Crippen molar-refractivity contribution in [2.75, 3.05) is 24.0 Å². The van der Waals surface area contributed by atoms with Gasteiger partial charge < -0.3 is 15.2 Å². The molecule has 4 aromatic rings. The lowest BCUT2D eigenvalue weighted by molar-refractivity contribution is 0.588. The van der Waals surface area contributed by atoms with Gasteiger partial charge >= 0.3 is 0 Å². The van der Waals surface area contributed by atoms with Crippen LogP contribution in [0.5, 0.6) is 0 Å². The van der Waals surface area contributed by atoms with Crippen molar-refractivity contribution < 1.29 is 4.57 Å². The van der Waals surface area contributed by atoms with Crippen molar-refractivity contribution in [3.63, 3.8) is 0 Å². The molecule has 0 aliphatic carbocycles. The van der Waals surface area contributed by atoms with Gasteiger partial charge in [-0.3, -0.25) is 4.68 Å². The van der Waals surface area contributed by atoms with E-state index in [2.05, 4.69) is 48.6 Å². The molecule has 0 radical (unpaired) electrons. The molecular weight excluding hydrogens is 463 g/mol. The first-order chi connectivity index (χ1) is 14.3. The van der Waals surface area contributed by atoms with Crippen molar-refractivity contribution in [2.45, 2.75) is 13.5 Å². The van der Waals surface area contributed by atoms with Crippen molar-refractivity contribution in [3.05, 3.63) is 59.3 Å². The molecule has 2 aromatic carbocycles. The molecule has 0 aliphatic heterocycles. The Labute approximate surface area is 183 Å². The Hall–Kier alpha value is -2.70. The molecule has 0 bridgehead atoms. The molecule has 0 amide bonds. The Morgan fingerprint density at radius 2 is 1.90 bits per heavy atom. The van der Waals surface area contributed by atoms with Gasteiger partial charge in [-0.25, -0.2) is 4.98 Å². The summed E-state index contributed by atoms with van der Waals surface area (Å²) >= 11 is 3.50. The van der Waals surface area contributed by atoms with E-state index >= 15 is 0 Å². The Bertz CT molecular complexity index is 1270. The van der Waals surface area contributed by atoms with Gasteiger partial charge in [0, 0.05) is 29.1 Å². The molecule has 2 N–H and O–H groups in total. The molecule has 0 fully saturated rings. The molecule has 154 valence electrons. The van der Waals surface area contributed by atoms with Gasteiger partial charge in [0.15, 0.2) is 0 Å². The highest BCUT2D eigenvalue weighted by Crippen LogP contribution is 2.38. The zero-order valence-electron chi connectivity index (χ0n) is 16.9. The van der Waals surface area contributed by atoms with Crippen LogP contribution in [-0.2, 0) is 11.1 Å². The topological polar surface area (TPSA) is 84.7 Å². The molecule has 0 atom stereocenters. The van der Waals surface area contributed by atoms with Gasteiger partial charge in [-0.1, -0.05) is 12.1 Å². The molecule has 0 spiro atoms. The van der Waals surface area contributed by atoms with Crippen LogP contribution in [0.25, 0.3) is 10.9 Å². The second-order valence-corrected chi connectivity index (χ2v) is 11.3. The summed E-state index contributed by atoms with van der Waals surface area (Å²) in [5.74, 6) is 1.05. The van der Waals surface area contributed by atoms with E-state index in [1.165, 1.54) is 0 Å². The van der Waals surface area contributed by atoms with E-state index in [0.717, 1.165) is 34.1 Å². The molecule has 2 aromatic heterocycles. The summed E-state index contributed by atoms with van der Waals surface area (Å²) in [6, 6.07) is 13.6. The summed E-state index contributed by atoms with van der Waals surface area (Å²) in [5.41, 5.74) is 2.73. The van der Waals surface area contributed by atoms with Crippen molar-refractivity contribution >= 4 is 62.4 Å². The fraction of sp³-hybridized carbons (Fsp3) is 0.190. The first kappa shape index (κ1) is 20.6. The van der Waals surface area contributed by atoms with E-state index in [4.69, 9.17) is 0 Å². The minimum atomic E-state index is -2.44. The lowest BCUT2D eigenvalue weighted by Crippen LogP contribution is -2.11. The quantitative estimate of drug-likeness (QED) is 0.359. The van der Waals surface area contributed by atoms with Crippen molar-refractivity contribution in [1.82, 2.24) is 19.7 Å². The van der Waals surface area contributed by atoms with E-state index in [0.29, 0.717) is 16.2 Å². The molecule has 0 saturated carbocycles. The number of aromatic nitrogens is 4. The van der Waals surface area contributed by atoms with Crippen LogP contribution in [0, 0.1) is 0 Å². The van der Waals surface area contributed by atoms with Gasteiger partial charge in [0.05, 0.1) is 21.9 Å². The van der Waals surface area contributed by atoms with Gasteiger partial charge in [-0.15, -0.1) is 0 Å². The first-order valence-corrected chi connectivity index (χ1v) is 12.9. The van der Waals surface area contributed by atoms with Gasteiger partial charge in [0.1, 0.15) is 13.0 Å². The third-order valence-corrected chi connectivity index (χ3v) is 6.81. The fourth-order valence-electron chi connectivity index (χ4n) is 3.24. The molecule has 0 aliphatic rings. The van der Waals surface area contributed by atoms with Crippen LogP contribution in [0.4, 0.5) is 23.1 Å². The highest BCUT2D eigenvalue weighted by atomic mass is 79.9. The molecule has 4 rings (SSSR count). The Morgan fingerprint density at radius 3 is 2.67 bits per heavy atom. The molecule has 2 heterocycles. The predicted molar refractivity (Wildman–Crippen MR) is 127 cm³/mol. The van der Waals surface area contributed by atoms with Crippen LogP contribution in [0.1, 0.15) is 6.92 Å². The summed E-state index contributed by atoms with van der Waals surface area (Å²) < 4.78 is 15.3. The number of nitrogens with zero attached hydrogens (tertiary/aromatic N) is 4.